The molecule has 1 nitrogen and oxygen atoms in total. The molecule has 0 radical (unpaired) electrons. The van der Waals surface area contributed by atoms with Gasteiger partial charge >= 0.3 is 73.7 Å². The summed E-state index contributed by atoms with van der Waals surface area (Å²) >= 11 is -1.87. The molecule has 0 amide bonds. The van der Waals surface area contributed by atoms with E-state index >= 15 is 0 Å². The molecule has 0 spiro atoms. The third-order valence-corrected chi connectivity index (χ3v) is 17.3. The fourth-order valence-electron chi connectivity index (χ4n) is 1.35. The van der Waals surface area contributed by atoms with Crippen molar-refractivity contribution in [2.45, 2.75) is 34.1 Å². The molecule has 0 fully saturated rings. The summed E-state index contributed by atoms with van der Waals surface area (Å²) in [6.45, 7) is 6.79. The summed E-state index contributed by atoms with van der Waals surface area (Å²) in [6.07, 6.45) is 2.62. The minimum absolute atomic E-state index is 0.909. The second kappa shape index (κ2) is 5.81. The van der Waals surface area contributed by atoms with Gasteiger partial charge < -0.3 is 0 Å². The molecule has 0 aliphatic rings. The van der Waals surface area contributed by atoms with Crippen LogP contribution in [-0.2, 0) is 4.79 Å². The Balaban J connectivity index is 4.27. The molecule has 0 aromatic heterocycles. The molecule has 0 bridgehead atoms. The number of hydrogen-bond acceptors (Lipinski definition) is 1. The van der Waals surface area contributed by atoms with Crippen LogP contribution in [0.15, 0.2) is 10.2 Å². The summed E-state index contributed by atoms with van der Waals surface area (Å²) in [5, 5.41) is 0. The second-order valence-corrected chi connectivity index (χ2v) is 17.7. The van der Waals surface area contributed by atoms with Crippen LogP contribution in [0.5, 0.6) is 0 Å². The number of carbonyl (C=O) groups excluding carboxylic acids is 1. The van der Waals surface area contributed by atoms with Crippen LogP contribution in [0.1, 0.15) is 20.8 Å². The van der Waals surface area contributed by atoms with Gasteiger partial charge in [0.2, 0.25) is 0 Å². The van der Waals surface area contributed by atoms with E-state index in [9.17, 15) is 4.79 Å². The Hall–Kier alpha value is 0.209. The van der Waals surface area contributed by atoms with E-state index in [1.807, 2.05) is 0 Å². The zero-order valence-electron chi connectivity index (χ0n) is 7.76. The van der Waals surface area contributed by atoms with Crippen molar-refractivity contribution in [2.75, 3.05) is 0 Å². The number of allylic oxidation sites excluding steroid dienone is 1. The predicted molar refractivity (Wildman–Crippen MR) is 52.4 cm³/mol. The summed E-state index contributed by atoms with van der Waals surface area (Å²) in [6, 6.07) is 0. The Labute approximate surface area is 73.7 Å². The van der Waals surface area contributed by atoms with Crippen LogP contribution in [0.4, 0.5) is 0 Å². The van der Waals surface area contributed by atoms with Gasteiger partial charge in [-0.05, 0) is 0 Å². The van der Waals surface area contributed by atoms with E-state index in [1.54, 1.807) is 6.08 Å². The first-order valence-electron chi connectivity index (χ1n) is 4.37. The Bertz CT molecular complexity index is 128. The van der Waals surface area contributed by atoms with E-state index in [0.717, 1.165) is 6.29 Å². The molecule has 0 atom stereocenters. The molecular formula is C9H18OSn. The van der Waals surface area contributed by atoms with Crippen LogP contribution in [0, 0.1) is 0 Å². The van der Waals surface area contributed by atoms with E-state index in [4.69, 9.17) is 0 Å². The van der Waals surface area contributed by atoms with Gasteiger partial charge in [0, 0.05) is 0 Å². The zero-order chi connectivity index (χ0) is 8.74. The summed E-state index contributed by atoms with van der Waals surface area (Å²) < 4.78 is 6.23. The van der Waals surface area contributed by atoms with Gasteiger partial charge in [0.25, 0.3) is 0 Å². The fraction of sp³-hybridized carbons (Fsp3) is 0.667. The molecule has 64 valence electrons. The topological polar surface area (TPSA) is 17.1 Å². The van der Waals surface area contributed by atoms with Crippen molar-refractivity contribution >= 4 is 24.7 Å². The van der Waals surface area contributed by atoms with Crippen LogP contribution in [0.3, 0.4) is 0 Å². The minimum atomic E-state index is -1.87. The van der Waals surface area contributed by atoms with Crippen molar-refractivity contribution in [3.63, 3.8) is 0 Å². The van der Waals surface area contributed by atoms with E-state index < -0.39 is 18.4 Å². The Morgan fingerprint density at radius 2 is 1.55 bits per heavy atom. The fourth-order valence-corrected chi connectivity index (χ4v) is 9.04. The molecule has 0 aliphatic heterocycles. The summed E-state index contributed by atoms with van der Waals surface area (Å²) in [7, 11) is 0. The van der Waals surface area contributed by atoms with Crippen molar-refractivity contribution in [3.8, 4) is 0 Å². The van der Waals surface area contributed by atoms with Crippen LogP contribution in [0.2, 0.25) is 13.3 Å². The number of carbonyl (C=O) groups is 1. The van der Waals surface area contributed by atoms with E-state index in [-0.39, 0.29) is 0 Å². The van der Waals surface area contributed by atoms with Gasteiger partial charge in [0.1, 0.15) is 0 Å². The standard InChI is InChI=1S/C3H3O.3C2H5.Sn/c1-2-3-4;3*1-2;/h1-3H;3*1H2,2H3;. The van der Waals surface area contributed by atoms with Crippen molar-refractivity contribution in [3.05, 3.63) is 10.2 Å². The van der Waals surface area contributed by atoms with Crippen LogP contribution >= 0.6 is 0 Å². The third kappa shape index (κ3) is 3.41. The maximum atomic E-state index is 10.1. The van der Waals surface area contributed by atoms with E-state index in [2.05, 4.69) is 24.9 Å². The number of hydrogen-bond donors (Lipinski definition) is 0. The Kier molecular flexibility index (Phi) is 5.92. The normalized spacial score (nSPS) is 12.3. The third-order valence-electron chi connectivity index (χ3n) is 2.64. The summed E-state index contributed by atoms with van der Waals surface area (Å²) in [5.74, 6) is 0. The average Bonchev–Trinajstić information content (AvgIpc) is 2.08. The van der Waals surface area contributed by atoms with Gasteiger partial charge in [-0.25, -0.2) is 0 Å². The van der Waals surface area contributed by atoms with Crippen molar-refractivity contribution in [1.29, 1.82) is 0 Å². The van der Waals surface area contributed by atoms with Crippen LogP contribution in [0.25, 0.3) is 0 Å². The summed E-state index contributed by atoms with van der Waals surface area (Å²) in [5.41, 5.74) is 0. The average molecular weight is 261 g/mol. The van der Waals surface area contributed by atoms with Gasteiger partial charge in [0.15, 0.2) is 0 Å². The van der Waals surface area contributed by atoms with E-state index in [1.165, 1.54) is 13.3 Å². The molecule has 0 aromatic rings. The number of rotatable bonds is 5. The molecule has 0 N–H and O–H groups in total. The number of aldehydes is 1. The zero-order valence-corrected chi connectivity index (χ0v) is 10.6. The monoisotopic (exact) mass is 262 g/mol. The molecule has 0 rings (SSSR count). The van der Waals surface area contributed by atoms with Gasteiger partial charge in [-0.15, -0.1) is 0 Å². The van der Waals surface area contributed by atoms with E-state index in [0.29, 0.717) is 0 Å². The van der Waals surface area contributed by atoms with Crippen molar-refractivity contribution in [2.24, 2.45) is 0 Å². The van der Waals surface area contributed by atoms with Gasteiger partial charge in [-0.1, -0.05) is 0 Å². The summed E-state index contributed by atoms with van der Waals surface area (Å²) in [4.78, 5) is 10.1. The molecule has 11 heavy (non-hydrogen) atoms. The van der Waals surface area contributed by atoms with Crippen molar-refractivity contribution < 1.29 is 4.79 Å². The van der Waals surface area contributed by atoms with Gasteiger partial charge in [-0.3, -0.25) is 0 Å². The molecule has 0 aliphatic carbocycles. The van der Waals surface area contributed by atoms with Crippen molar-refractivity contribution in [1.82, 2.24) is 0 Å². The molecule has 0 saturated carbocycles. The molecule has 0 heterocycles. The Morgan fingerprint density at radius 1 is 1.09 bits per heavy atom. The molecule has 0 aromatic carbocycles. The first kappa shape index (κ1) is 11.2. The van der Waals surface area contributed by atoms with Crippen LogP contribution in [-0.4, -0.2) is 24.7 Å². The predicted octanol–water partition coefficient (Wildman–Crippen LogP) is 2.79. The Morgan fingerprint density at radius 3 is 1.82 bits per heavy atom. The SMILES string of the molecule is C[CH2][Sn](/[CH]=C/C=O)([CH2]C)[CH2]C. The first-order chi connectivity index (χ1) is 5.24. The quantitative estimate of drug-likeness (QED) is 0.422. The first-order valence-corrected chi connectivity index (χ1v) is 12.1. The van der Waals surface area contributed by atoms with Gasteiger partial charge in [0.05, 0.1) is 0 Å². The molecule has 0 saturated heterocycles. The molecular weight excluding hydrogens is 243 g/mol. The second-order valence-electron chi connectivity index (χ2n) is 2.92. The maximum absolute atomic E-state index is 10.1. The molecule has 0 unspecified atom stereocenters. The van der Waals surface area contributed by atoms with Gasteiger partial charge in [-0.2, -0.15) is 0 Å². The molecule has 2 heteroatoms. The van der Waals surface area contributed by atoms with Crippen LogP contribution < -0.4 is 0 Å².